The molecule has 2 amide bonds. The average molecular weight is 378 g/mol. The monoisotopic (exact) mass is 378 g/mol. The number of carbonyl (C=O) groups is 1. The minimum atomic E-state index is -0.0751. The Labute approximate surface area is 163 Å². The van der Waals surface area contributed by atoms with E-state index in [1.165, 1.54) is 0 Å². The van der Waals surface area contributed by atoms with Crippen LogP contribution >= 0.6 is 0 Å². The van der Waals surface area contributed by atoms with E-state index in [1.54, 1.807) is 12.0 Å². The Balaban J connectivity index is 1.28. The Morgan fingerprint density at radius 2 is 1.93 bits per heavy atom. The Hall–Kier alpha value is -3.35. The number of para-hydroxylation sites is 1. The second-order valence-electron chi connectivity index (χ2n) is 6.78. The Morgan fingerprint density at radius 1 is 1.18 bits per heavy atom. The summed E-state index contributed by atoms with van der Waals surface area (Å²) in [5.41, 5.74) is 2.08. The van der Waals surface area contributed by atoms with E-state index < -0.39 is 0 Å². The zero-order valence-electron chi connectivity index (χ0n) is 15.7. The molecule has 0 aliphatic carbocycles. The van der Waals surface area contributed by atoms with Crippen molar-refractivity contribution in [2.24, 2.45) is 0 Å². The van der Waals surface area contributed by atoms with Crippen LogP contribution in [0, 0.1) is 0 Å². The van der Waals surface area contributed by atoms with Gasteiger partial charge < -0.3 is 19.5 Å². The molecule has 3 aromatic rings. The van der Waals surface area contributed by atoms with E-state index in [-0.39, 0.29) is 11.9 Å². The summed E-state index contributed by atoms with van der Waals surface area (Å²) in [4.78, 5) is 18.5. The van der Waals surface area contributed by atoms with E-state index in [0.717, 1.165) is 16.9 Å². The summed E-state index contributed by atoms with van der Waals surface area (Å²) in [6, 6.07) is 17.5. The topological polar surface area (TPSA) is 80.5 Å². The molecule has 144 valence electrons. The first kappa shape index (κ1) is 18.0. The van der Waals surface area contributed by atoms with E-state index >= 15 is 0 Å². The van der Waals surface area contributed by atoms with Gasteiger partial charge in [0.2, 0.25) is 5.89 Å². The number of methoxy groups -OCH3 is 1. The molecule has 0 radical (unpaired) electrons. The van der Waals surface area contributed by atoms with Gasteiger partial charge in [-0.05, 0) is 11.6 Å². The van der Waals surface area contributed by atoms with Crippen LogP contribution in [0.2, 0.25) is 0 Å². The third-order valence-corrected chi connectivity index (χ3v) is 4.83. The summed E-state index contributed by atoms with van der Waals surface area (Å²) in [5, 5.41) is 7.00. The second-order valence-corrected chi connectivity index (χ2v) is 6.78. The molecule has 1 saturated heterocycles. The summed E-state index contributed by atoms with van der Waals surface area (Å²) in [7, 11) is 1.65. The molecule has 1 aromatic heterocycles. The highest BCUT2D eigenvalue weighted by Gasteiger charge is 2.35. The van der Waals surface area contributed by atoms with Gasteiger partial charge in [0, 0.05) is 31.6 Å². The zero-order chi connectivity index (χ0) is 19.3. The maximum atomic E-state index is 12.2. The first-order chi connectivity index (χ1) is 13.7. The number of nitrogens with one attached hydrogen (secondary N) is 1. The van der Waals surface area contributed by atoms with E-state index in [9.17, 15) is 4.79 Å². The molecule has 1 aliphatic rings. The van der Waals surface area contributed by atoms with Gasteiger partial charge in [0.15, 0.2) is 5.82 Å². The fourth-order valence-electron chi connectivity index (χ4n) is 3.21. The molecular weight excluding hydrogens is 356 g/mol. The van der Waals surface area contributed by atoms with Crippen molar-refractivity contribution >= 4 is 6.03 Å². The molecule has 2 aromatic carbocycles. The SMILES string of the molecule is COc1ccccc1Cc1noc(C2CN(C(=O)NCc3ccccc3)C2)n1. The molecule has 2 heterocycles. The number of ether oxygens (including phenoxy) is 1. The van der Waals surface area contributed by atoms with Crippen molar-refractivity contribution in [2.45, 2.75) is 18.9 Å². The van der Waals surface area contributed by atoms with Crippen molar-refractivity contribution in [3.8, 4) is 5.75 Å². The van der Waals surface area contributed by atoms with Crippen LogP contribution < -0.4 is 10.1 Å². The van der Waals surface area contributed by atoms with Gasteiger partial charge in [0.25, 0.3) is 0 Å². The highest BCUT2D eigenvalue weighted by molar-refractivity contribution is 5.75. The molecule has 0 bridgehead atoms. The van der Waals surface area contributed by atoms with Crippen molar-refractivity contribution in [3.05, 3.63) is 77.4 Å². The van der Waals surface area contributed by atoms with Crippen LogP contribution in [0.1, 0.15) is 28.8 Å². The summed E-state index contributed by atoms with van der Waals surface area (Å²) in [6.07, 6.45) is 0.543. The maximum absolute atomic E-state index is 12.2. The number of amides is 2. The first-order valence-corrected chi connectivity index (χ1v) is 9.24. The molecule has 28 heavy (non-hydrogen) atoms. The predicted octanol–water partition coefficient (Wildman–Crippen LogP) is 2.98. The largest absolute Gasteiger partial charge is 0.496 e. The van der Waals surface area contributed by atoms with Gasteiger partial charge in [0.1, 0.15) is 5.75 Å². The summed E-state index contributed by atoms with van der Waals surface area (Å²) < 4.78 is 10.8. The smallest absolute Gasteiger partial charge is 0.317 e. The van der Waals surface area contributed by atoms with Crippen molar-refractivity contribution < 1.29 is 14.1 Å². The van der Waals surface area contributed by atoms with Crippen molar-refractivity contribution in [3.63, 3.8) is 0 Å². The van der Waals surface area contributed by atoms with Crippen LogP contribution in [0.3, 0.4) is 0 Å². The van der Waals surface area contributed by atoms with Crippen LogP contribution in [0.25, 0.3) is 0 Å². The fraction of sp³-hybridized carbons (Fsp3) is 0.286. The molecule has 0 unspecified atom stereocenters. The fourth-order valence-corrected chi connectivity index (χ4v) is 3.21. The normalized spacial score (nSPS) is 13.8. The number of nitrogens with zero attached hydrogens (tertiary/aromatic N) is 3. The van der Waals surface area contributed by atoms with Gasteiger partial charge in [-0.15, -0.1) is 0 Å². The average Bonchev–Trinajstić information content (AvgIpc) is 3.14. The highest BCUT2D eigenvalue weighted by atomic mass is 16.5. The summed E-state index contributed by atoms with van der Waals surface area (Å²) in [5.74, 6) is 2.09. The lowest BCUT2D eigenvalue weighted by Gasteiger charge is -2.36. The molecule has 1 aliphatic heterocycles. The quantitative estimate of drug-likeness (QED) is 0.713. The lowest BCUT2D eigenvalue weighted by atomic mass is 10.0. The van der Waals surface area contributed by atoms with Gasteiger partial charge in [-0.3, -0.25) is 0 Å². The molecular formula is C21H22N4O3. The van der Waals surface area contributed by atoms with Crippen LogP contribution in [0.4, 0.5) is 4.79 Å². The van der Waals surface area contributed by atoms with Gasteiger partial charge in [-0.1, -0.05) is 53.7 Å². The molecule has 0 spiro atoms. The Bertz CT molecular complexity index is 936. The molecule has 7 heteroatoms. The third kappa shape index (κ3) is 3.98. The van der Waals surface area contributed by atoms with Gasteiger partial charge in [-0.2, -0.15) is 4.98 Å². The third-order valence-electron chi connectivity index (χ3n) is 4.83. The minimum Gasteiger partial charge on any atom is -0.496 e. The van der Waals surface area contributed by atoms with Crippen LogP contribution in [-0.2, 0) is 13.0 Å². The van der Waals surface area contributed by atoms with E-state index in [2.05, 4.69) is 15.5 Å². The van der Waals surface area contributed by atoms with Gasteiger partial charge in [0.05, 0.1) is 13.0 Å². The number of likely N-dealkylation sites (tertiary alicyclic amines) is 1. The Morgan fingerprint density at radius 3 is 2.71 bits per heavy atom. The van der Waals surface area contributed by atoms with E-state index in [1.807, 2.05) is 54.6 Å². The van der Waals surface area contributed by atoms with Gasteiger partial charge in [-0.25, -0.2) is 4.79 Å². The number of urea groups is 1. The number of hydrogen-bond acceptors (Lipinski definition) is 5. The second kappa shape index (κ2) is 8.12. The lowest BCUT2D eigenvalue weighted by Crippen LogP contribution is -2.52. The number of hydrogen-bond donors (Lipinski definition) is 1. The van der Waals surface area contributed by atoms with E-state index in [0.29, 0.717) is 37.8 Å². The minimum absolute atomic E-state index is 0.0751. The number of rotatable bonds is 6. The van der Waals surface area contributed by atoms with Crippen LogP contribution in [-0.4, -0.2) is 41.3 Å². The van der Waals surface area contributed by atoms with Crippen molar-refractivity contribution in [1.29, 1.82) is 0 Å². The highest BCUT2D eigenvalue weighted by Crippen LogP contribution is 2.27. The lowest BCUT2D eigenvalue weighted by molar-refractivity contribution is 0.136. The first-order valence-electron chi connectivity index (χ1n) is 9.24. The van der Waals surface area contributed by atoms with E-state index in [4.69, 9.17) is 9.26 Å². The molecule has 0 saturated carbocycles. The molecule has 1 fully saturated rings. The van der Waals surface area contributed by atoms with Crippen LogP contribution in [0.15, 0.2) is 59.1 Å². The Kier molecular flexibility index (Phi) is 5.23. The molecule has 7 nitrogen and oxygen atoms in total. The predicted molar refractivity (Wildman–Crippen MR) is 103 cm³/mol. The maximum Gasteiger partial charge on any atom is 0.317 e. The molecule has 1 N–H and O–H groups in total. The standard InChI is InChI=1S/C21H22N4O3/c1-27-18-10-6-5-9-16(18)11-19-23-20(28-24-19)17-13-25(14-17)21(26)22-12-15-7-3-2-4-8-15/h2-10,17H,11-14H2,1H3,(H,22,26). The zero-order valence-corrected chi connectivity index (χ0v) is 15.7. The van der Waals surface area contributed by atoms with Gasteiger partial charge >= 0.3 is 6.03 Å². The molecule has 0 atom stereocenters. The number of benzene rings is 2. The summed E-state index contributed by atoms with van der Waals surface area (Å²) in [6.45, 7) is 1.68. The number of carbonyl (C=O) groups excluding carboxylic acids is 1. The van der Waals surface area contributed by atoms with Crippen LogP contribution in [0.5, 0.6) is 5.75 Å². The summed E-state index contributed by atoms with van der Waals surface area (Å²) >= 11 is 0. The molecule has 4 rings (SSSR count). The van der Waals surface area contributed by atoms with Crippen molar-refractivity contribution in [2.75, 3.05) is 20.2 Å². The van der Waals surface area contributed by atoms with Crippen molar-refractivity contribution in [1.82, 2.24) is 20.4 Å². The number of aromatic nitrogens is 2.